The predicted molar refractivity (Wildman–Crippen MR) is 79.8 cm³/mol. The van der Waals surface area contributed by atoms with Crippen LogP contribution in [0.15, 0.2) is 18.2 Å². The second kappa shape index (κ2) is 6.27. The molecule has 0 radical (unpaired) electrons. The van der Waals surface area contributed by atoms with Crippen molar-refractivity contribution in [3.05, 3.63) is 29.3 Å². The minimum Gasteiger partial charge on any atom is -0.369 e. The average Bonchev–Trinajstić information content (AvgIpc) is 2.43. The van der Waals surface area contributed by atoms with E-state index in [0.29, 0.717) is 6.54 Å². The van der Waals surface area contributed by atoms with Gasteiger partial charge in [0.15, 0.2) is 0 Å². The molecule has 1 aromatic rings. The molecule has 1 aliphatic rings. The van der Waals surface area contributed by atoms with Crippen LogP contribution in [0.5, 0.6) is 0 Å². The largest absolute Gasteiger partial charge is 0.369 e. The van der Waals surface area contributed by atoms with Crippen molar-refractivity contribution in [3.8, 4) is 6.07 Å². The van der Waals surface area contributed by atoms with Gasteiger partial charge in [-0.3, -0.25) is 4.90 Å². The second-order valence-electron chi connectivity index (χ2n) is 5.10. The van der Waals surface area contributed by atoms with Crippen LogP contribution in [0.2, 0.25) is 0 Å². The van der Waals surface area contributed by atoms with E-state index in [0.717, 1.165) is 26.2 Å². The highest BCUT2D eigenvalue weighted by atomic mass is 35.5. The summed E-state index contributed by atoms with van der Waals surface area (Å²) in [5, 5.41) is 8.35. The zero-order chi connectivity index (χ0) is 13.8. The first kappa shape index (κ1) is 14.2. The van der Waals surface area contributed by atoms with Crippen molar-refractivity contribution in [2.75, 3.05) is 37.6 Å². The third-order valence-electron chi connectivity index (χ3n) is 3.85. The van der Waals surface area contributed by atoms with E-state index in [1.54, 1.807) is 0 Å². The standard InChI is InChI=1S/C15H20ClN3/c1-12-4-3-5-15(13(12)2)19-8-6-18(7-9-19)11-14(16)10-17/h3-5,14H,6-9,11H2,1-2H3. The molecule has 1 atom stereocenters. The van der Waals surface area contributed by atoms with Crippen LogP contribution in [0, 0.1) is 25.2 Å². The Morgan fingerprint density at radius 3 is 2.58 bits per heavy atom. The minimum absolute atomic E-state index is 0.396. The first-order valence-corrected chi connectivity index (χ1v) is 7.12. The third kappa shape index (κ3) is 3.40. The van der Waals surface area contributed by atoms with Gasteiger partial charge in [0.05, 0.1) is 6.07 Å². The van der Waals surface area contributed by atoms with Crippen LogP contribution in [0.3, 0.4) is 0 Å². The highest BCUT2D eigenvalue weighted by molar-refractivity contribution is 6.22. The molecule has 2 rings (SSSR count). The first-order valence-electron chi connectivity index (χ1n) is 6.69. The van der Waals surface area contributed by atoms with Crippen LogP contribution in [0.1, 0.15) is 11.1 Å². The zero-order valence-electron chi connectivity index (χ0n) is 11.6. The normalized spacial score (nSPS) is 18.1. The van der Waals surface area contributed by atoms with Gasteiger partial charge in [0.2, 0.25) is 0 Å². The van der Waals surface area contributed by atoms with Gasteiger partial charge in [0.1, 0.15) is 5.38 Å². The number of benzene rings is 1. The molecule has 102 valence electrons. The maximum atomic E-state index is 8.74. The zero-order valence-corrected chi connectivity index (χ0v) is 12.3. The van der Waals surface area contributed by atoms with Crippen molar-refractivity contribution in [2.24, 2.45) is 0 Å². The van der Waals surface area contributed by atoms with Gasteiger partial charge in [0, 0.05) is 38.4 Å². The Bertz CT molecular complexity index is 473. The fourth-order valence-corrected chi connectivity index (χ4v) is 2.71. The van der Waals surface area contributed by atoms with Gasteiger partial charge in [-0.2, -0.15) is 5.26 Å². The lowest BCUT2D eigenvalue weighted by atomic mass is 10.1. The average molecular weight is 278 g/mol. The van der Waals surface area contributed by atoms with Gasteiger partial charge >= 0.3 is 0 Å². The van der Waals surface area contributed by atoms with E-state index < -0.39 is 5.38 Å². The number of aryl methyl sites for hydroxylation is 1. The van der Waals surface area contributed by atoms with Crippen molar-refractivity contribution < 1.29 is 0 Å². The van der Waals surface area contributed by atoms with E-state index >= 15 is 0 Å². The van der Waals surface area contributed by atoms with E-state index in [4.69, 9.17) is 16.9 Å². The number of halogens is 1. The molecule has 0 bridgehead atoms. The van der Waals surface area contributed by atoms with Crippen LogP contribution >= 0.6 is 11.6 Å². The van der Waals surface area contributed by atoms with Gasteiger partial charge in [-0.15, -0.1) is 11.6 Å². The summed E-state index contributed by atoms with van der Waals surface area (Å²) in [6.45, 7) is 8.94. The van der Waals surface area contributed by atoms with Crippen molar-refractivity contribution in [2.45, 2.75) is 19.2 Å². The molecule has 1 heterocycles. The van der Waals surface area contributed by atoms with Crippen LogP contribution < -0.4 is 4.90 Å². The molecule has 4 heteroatoms. The van der Waals surface area contributed by atoms with Crippen molar-refractivity contribution in [1.29, 1.82) is 5.26 Å². The molecule has 0 aliphatic carbocycles. The maximum absolute atomic E-state index is 8.74. The van der Waals surface area contributed by atoms with Crippen LogP contribution in [-0.2, 0) is 0 Å². The molecule has 0 amide bonds. The number of nitriles is 1. The Hall–Kier alpha value is -1.24. The van der Waals surface area contributed by atoms with E-state index in [1.807, 2.05) is 0 Å². The van der Waals surface area contributed by atoms with Crippen LogP contribution in [-0.4, -0.2) is 43.0 Å². The fraction of sp³-hybridized carbons (Fsp3) is 0.533. The molecule has 1 fully saturated rings. The van der Waals surface area contributed by atoms with Crippen molar-refractivity contribution >= 4 is 17.3 Å². The topological polar surface area (TPSA) is 30.3 Å². The van der Waals surface area contributed by atoms with Crippen molar-refractivity contribution in [3.63, 3.8) is 0 Å². The summed E-state index contributed by atoms with van der Waals surface area (Å²) >= 11 is 5.88. The second-order valence-corrected chi connectivity index (χ2v) is 5.63. The molecular weight excluding hydrogens is 258 g/mol. The number of hydrogen-bond acceptors (Lipinski definition) is 3. The molecule has 0 aromatic heterocycles. The molecular formula is C15H20ClN3. The van der Waals surface area contributed by atoms with Crippen molar-refractivity contribution in [1.82, 2.24) is 4.90 Å². The molecule has 3 nitrogen and oxygen atoms in total. The Balaban J connectivity index is 1.97. The fourth-order valence-electron chi connectivity index (χ4n) is 2.52. The lowest BCUT2D eigenvalue weighted by molar-refractivity contribution is 0.265. The summed E-state index contributed by atoms with van der Waals surface area (Å²) < 4.78 is 0. The monoisotopic (exact) mass is 277 g/mol. The summed E-state index contributed by atoms with van der Waals surface area (Å²) in [5.74, 6) is 0. The maximum Gasteiger partial charge on any atom is 0.133 e. The minimum atomic E-state index is -0.396. The third-order valence-corrected chi connectivity index (χ3v) is 4.08. The van der Waals surface area contributed by atoms with Gasteiger partial charge in [-0.1, -0.05) is 12.1 Å². The van der Waals surface area contributed by atoms with E-state index in [2.05, 4.69) is 47.9 Å². The number of nitrogens with zero attached hydrogens (tertiary/aromatic N) is 3. The lowest BCUT2D eigenvalue weighted by Gasteiger charge is -2.37. The van der Waals surface area contributed by atoms with E-state index in [1.165, 1.54) is 16.8 Å². The van der Waals surface area contributed by atoms with Gasteiger partial charge in [0.25, 0.3) is 0 Å². The number of anilines is 1. The molecule has 1 aromatic carbocycles. The van der Waals surface area contributed by atoms with Gasteiger partial charge < -0.3 is 4.90 Å². The summed E-state index contributed by atoms with van der Waals surface area (Å²) in [4.78, 5) is 4.69. The summed E-state index contributed by atoms with van der Waals surface area (Å²) in [7, 11) is 0. The Labute approximate surface area is 120 Å². The Kier molecular flexibility index (Phi) is 4.68. The molecule has 1 aliphatic heterocycles. The first-order chi connectivity index (χ1) is 9.11. The predicted octanol–water partition coefficient (Wildman–Crippen LogP) is 2.56. The van der Waals surface area contributed by atoms with Crippen LogP contribution in [0.4, 0.5) is 5.69 Å². The van der Waals surface area contributed by atoms with E-state index in [-0.39, 0.29) is 0 Å². The number of hydrogen-bond donors (Lipinski definition) is 0. The number of rotatable bonds is 3. The summed E-state index contributed by atoms with van der Waals surface area (Å²) in [6, 6.07) is 8.55. The quantitative estimate of drug-likeness (QED) is 0.796. The molecule has 0 saturated carbocycles. The van der Waals surface area contributed by atoms with E-state index in [9.17, 15) is 0 Å². The molecule has 19 heavy (non-hydrogen) atoms. The van der Waals surface area contributed by atoms with Gasteiger partial charge in [-0.05, 0) is 31.0 Å². The van der Waals surface area contributed by atoms with Crippen LogP contribution in [0.25, 0.3) is 0 Å². The Morgan fingerprint density at radius 2 is 1.95 bits per heavy atom. The van der Waals surface area contributed by atoms with Gasteiger partial charge in [-0.25, -0.2) is 0 Å². The number of piperazine rings is 1. The highest BCUT2D eigenvalue weighted by Gasteiger charge is 2.20. The lowest BCUT2D eigenvalue weighted by Crippen LogP contribution is -2.48. The summed E-state index contributed by atoms with van der Waals surface area (Å²) in [5.41, 5.74) is 4.04. The smallest absolute Gasteiger partial charge is 0.133 e. The SMILES string of the molecule is Cc1cccc(N2CCN(CC(Cl)C#N)CC2)c1C. The molecule has 0 spiro atoms. The number of alkyl halides is 1. The molecule has 1 saturated heterocycles. The molecule has 0 N–H and O–H groups in total. The highest BCUT2D eigenvalue weighted by Crippen LogP contribution is 2.23. The summed E-state index contributed by atoms with van der Waals surface area (Å²) in [6.07, 6.45) is 0. The molecule has 1 unspecified atom stereocenters. The Morgan fingerprint density at radius 1 is 1.26 bits per heavy atom.